The van der Waals surface area contributed by atoms with Gasteiger partial charge in [-0.15, -0.1) is 0 Å². The molecule has 1 aromatic rings. The van der Waals surface area contributed by atoms with Gasteiger partial charge in [0.1, 0.15) is 0 Å². The highest BCUT2D eigenvalue weighted by Crippen LogP contribution is 2.18. The van der Waals surface area contributed by atoms with E-state index in [4.69, 9.17) is 0 Å². The Hall–Kier alpha value is -1.78. The molecule has 0 aliphatic carbocycles. The molecule has 1 aromatic carbocycles. The molecular weight excluding hydrogens is 243 g/mol. The van der Waals surface area contributed by atoms with Crippen molar-refractivity contribution in [2.24, 2.45) is 0 Å². The summed E-state index contributed by atoms with van der Waals surface area (Å²) in [5, 5.41) is 2.84. The molecule has 2 nitrogen and oxygen atoms in total. The first-order valence-electron chi connectivity index (χ1n) is 5.41. The van der Waals surface area contributed by atoms with E-state index in [9.17, 15) is 18.0 Å². The van der Waals surface area contributed by atoms with Crippen molar-refractivity contribution in [3.8, 4) is 0 Å². The topological polar surface area (TPSA) is 29.1 Å². The molecule has 1 rings (SSSR count). The Balaban J connectivity index is 2.68. The SMILES string of the molecule is CC(=CC(=O)C(F)(F)F)NC(C)c1ccccc1. The van der Waals surface area contributed by atoms with Crippen LogP contribution in [0.3, 0.4) is 0 Å². The van der Waals surface area contributed by atoms with Crippen molar-refractivity contribution in [1.82, 2.24) is 5.32 Å². The van der Waals surface area contributed by atoms with Gasteiger partial charge in [-0.1, -0.05) is 30.3 Å². The molecule has 0 aliphatic rings. The second-order valence-corrected chi connectivity index (χ2v) is 3.97. The quantitative estimate of drug-likeness (QED) is 0.838. The van der Waals surface area contributed by atoms with Crippen molar-refractivity contribution in [3.05, 3.63) is 47.7 Å². The summed E-state index contributed by atoms with van der Waals surface area (Å²) < 4.78 is 36.1. The van der Waals surface area contributed by atoms with Gasteiger partial charge in [-0.05, 0) is 19.4 Å². The van der Waals surface area contributed by atoms with E-state index in [0.717, 1.165) is 5.56 Å². The van der Waals surface area contributed by atoms with Crippen molar-refractivity contribution in [3.63, 3.8) is 0 Å². The Morgan fingerprint density at radius 3 is 2.33 bits per heavy atom. The Labute approximate surface area is 104 Å². The van der Waals surface area contributed by atoms with Gasteiger partial charge in [-0.2, -0.15) is 13.2 Å². The smallest absolute Gasteiger partial charge is 0.382 e. The zero-order chi connectivity index (χ0) is 13.8. The lowest BCUT2D eigenvalue weighted by molar-refractivity contribution is -0.165. The highest BCUT2D eigenvalue weighted by atomic mass is 19.4. The van der Waals surface area contributed by atoms with Crippen LogP contribution in [0.1, 0.15) is 25.5 Å². The fraction of sp³-hybridized carbons (Fsp3) is 0.308. The molecule has 0 fully saturated rings. The molecule has 0 amide bonds. The Morgan fingerprint density at radius 1 is 1.28 bits per heavy atom. The van der Waals surface area contributed by atoms with Crippen LogP contribution in [0.4, 0.5) is 13.2 Å². The van der Waals surface area contributed by atoms with E-state index in [0.29, 0.717) is 6.08 Å². The van der Waals surface area contributed by atoms with Crippen LogP contribution in [-0.2, 0) is 4.79 Å². The normalized spacial score (nSPS) is 14.2. The average molecular weight is 257 g/mol. The van der Waals surface area contributed by atoms with E-state index < -0.39 is 12.0 Å². The summed E-state index contributed by atoms with van der Waals surface area (Å²) in [6, 6.07) is 9.09. The van der Waals surface area contributed by atoms with E-state index in [1.807, 2.05) is 37.3 Å². The molecule has 0 bridgehead atoms. The van der Waals surface area contributed by atoms with Gasteiger partial charge in [0, 0.05) is 17.8 Å². The molecule has 0 saturated heterocycles. The summed E-state index contributed by atoms with van der Waals surface area (Å²) in [4.78, 5) is 10.8. The van der Waals surface area contributed by atoms with Crippen LogP contribution >= 0.6 is 0 Å². The van der Waals surface area contributed by atoms with Gasteiger partial charge in [-0.25, -0.2) is 0 Å². The summed E-state index contributed by atoms with van der Waals surface area (Å²) >= 11 is 0. The van der Waals surface area contributed by atoms with Gasteiger partial charge in [0.15, 0.2) is 0 Å². The Kier molecular flexibility index (Phi) is 4.53. The zero-order valence-corrected chi connectivity index (χ0v) is 10.1. The largest absolute Gasteiger partial charge is 0.454 e. The zero-order valence-electron chi connectivity index (χ0n) is 10.1. The van der Waals surface area contributed by atoms with Crippen LogP contribution in [0, 0.1) is 0 Å². The van der Waals surface area contributed by atoms with Crippen LogP contribution in [0.15, 0.2) is 42.1 Å². The molecular formula is C13H14F3NO. The first-order chi connectivity index (χ1) is 8.30. The maximum Gasteiger partial charge on any atom is 0.454 e. The number of hydrogen-bond acceptors (Lipinski definition) is 2. The van der Waals surface area contributed by atoms with Crippen molar-refractivity contribution >= 4 is 5.78 Å². The second-order valence-electron chi connectivity index (χ2n) is 3.97. The van der Waals surface area contributed by atoms with Gasteiger partial charge in [-0.3, -0.25) is 4.79 Å². The molecule has 0 aliphatic heterocycles. The lowest BCUT2D eigenvalue weighted by atomic mass is 10.1. The molecule has 1 N–H and O–H groups in total. The molecule has 1 unspecified atom stereocenters. The predicted octanol–water partition coefficient (Wildman–Crippen LogP) is 3.37. The molecule has 0 aromatic heterocycles. The number of halogens is 3. The second kappa shape index (κ2) is 5.71. The highest BCUT2D eigenvalue weighted by molar-refractivity contribution is 5.94. The maximum atomic E-state index is 12.0. The number of benzene rings is 1. The first-order valence-corrected chi connectivity index (χ1v) is 5.41. The van der Waals surface area contributed by atoms with Crippen LogP contribution < -0.4 is 5.32 Å². The van der Waals surface area contributed by atoms with Crippen molar-refractivity contribution in [2.45, 2.75) is 26.1 Å². The van der Waals surface area contributed by atoms with Crippen LogP contribution in [0.25, 0.3) is 0 Å². The van der Waals surface area contributed by atoms with Crippen molar-refractivity contribution < 1.29 is 18.0 Å². The number of carbonyl (C=O) groups is 1. The predicted molar refractivity (Wildman–Crippen MR) is 62.8 cm³/mol. The Bertz CT molecular complexity index is 437. The minimum Gasteiger partial charge on any atom is -0.382 e. The molecule has 0 spiro atoms. The number of ketones is 1. The molecule has 18 heavy (non-hydrogen) atoms. The summed E-state index contributed by atoms with van der Waals surface area (Å²) in [7, 11) is 0. The molecule has 0 heterocycles. The van der Waals surface area contributed by atoms with Crippen LogP contribution in [0.2, 0.25) is 0 Å². The van der Waals surface area contributed by atoms with Gasteiger partial charge < -0.3 is 5.32 Å². The maximum absolute atomic E-state index is 12.0. The van der Waals surface area contributed by atoms with Crippen molar-refractivity contribution in [2.75, 3.05) is 0 Å². The van der Waals surface area contributed by atoms with Crippen LogP contribution in [-0.4, -0.2) is 12.0 Å². The lowest BCUT2D eigenvalue weighted by Crippen LogP contribution is -2.23. The molecule has 5 heteroatoms. The van der Waals surface area contributed by atoms with Gasteiger partial charge >= 0.3 is 6.18 Å². The third-order valence-electron chi connectivity index (χ3n) is 2.37. The van der Waals surface area contributed by atoms with Gasteiger partial charge in [0.05, 0.1) is 0 Å². The minimum atomic E-state index is -4.82. The number of carbonyl (C=O) groups excluding carboxylic acids is 1. The van der Waals surface area contributed by atoms with E-state index in [1.165, 1.54) is 6.92 Å². The lowest BCUT2D eigenvalue weighted by Gasteiger charge is -2.16. The summed E-state index contributed by atoms with van der Waals surface area (Å²) in [5.74, 6) is -1.85. The third kappa shape index (κ3) is 4.24. The van der Waals surface area contributed by atoms with Crippen LogP contribution in [0.5, 0.6) is 0 Å². The Morgan fingerprint density at radius 2 is 1.83 bits per heavy atom. The standard InChI is InChI=1S/C13H14F3NO/c1-9(8-12(18)13(14,15)16)17-10(2)11-6-4-3-5-7-11/h3-8,10,17H,1-2H3. The van der Waals surface area contributed by atoms with E-state index in [2.05, 4.69) is 5.32 Å². The monoisotopic (exact) mass is 257 g/mol. The molecule has 0 saturated carbocycles. The van der Waals surface area contributed by atoms with Gasteiger partial charge in [0.2, 0.25) is 0 Å². The number of allylic oxidation sites excluding steroid dienone is 2. The summed E-state index contributed by atoms with van der Waals surface area (Å²) in [6.45, 7) is 3.24. The average Bonchev–Trinajstić information content (AvgIpc) is 2.28. The summed E-state index contributed by atoms with van der Waals surface area (Å²) in [5.41, 5.74) is 1.12. The number of hydrogen-bond donors (Lipinski definition) is 1. The number of nitrogens with one attached hydrogen (secondary N) is 1. The third-order valence-corrected chi connectivity index (χ3v) is 2.37. The highest BCUT2D eigenvalue weighted by Gasteiger charge is 2.36. The summed E-state index contributed by atoms with van der Waals surface area (Å²) in [6.07, 6.45) is -4.25. The minimum absolute atomic E-state index is 0.163. The number of alkyl halides is 3. The molecule has 1 atom stereocenters. The fourth-order valence-electron chi connectivity index (χ4n) is 1.49. The molecule has 0 radical (unpaired) electrons. The van der Waals surface area contributed by atoms with E-state index in [-0.39, 0.29) is 11.7 Å². The molecule has 98 valence electrons. The van der Waals surface area contributed by atoms with E-state index in [1.54, 1.807) is 0 Å². The van der Waals surface area contributed by atoms with E-state index >= 15 is 0 Å². The number of rotatable bonds is 4. The fourth-order valence-corrected chi connectivity index (χ4v) is 1.49. The first kappa shape index (κ1) is 14.3. The van der Waals surface area contributed by atoms with Crippen molar-refractivity contribution in [1.29, 1.82) is 0 Å². The van der Waals surface area contributed by atoms with Gasteiger partial charge in [0.25, 0.3) is 5.78 Å².